The number of pyridine rings is 1. The summed E-state index contributed by atoms with van der Waals surface area (Å²) in [4.78, 5) is 14.7. The summed E-state index contributed by atoms with van der Waals surface area (Å²) >= 11 is 2.99. The van der Waals surface area contributed by atoms with E-state index >= 15 is 0 Å². The summed E-state index contributed by atoms with van der Waals surface area (Å²) in [5, 5.41) is 10.8. The topological polar surface area (TPSA) is 80.7 Å². The molecule has 1 aromatic heterocycles. The Morgan fingerprint density at radius 2 is 2.25 bits per heavy atom. The summed E-state index contributed by atoms with van der Waals surface area (Å²) in [6, 6.07) is 0. The number of ether oxygens (including phenoxy) is 3. The monoisotopic (exact) mass is 281 g/mol. The summed E-state index contributed by atoms with van der Waals surface area (Å²) in [6.07, 6.45) is 0. The van der Waals surface area contributed by atoms with Gasteiger partial charge < -0.3 is 24.1 Å². The van der Waals surface area contributed by atoms with Crippen LogP contribution in [-0.2, 0) is 0 Å². The van der Waals surface area contributed by atoms with Crippen LogP contribution in [0.25, 0.3) is 0 Å². The van der Waals surface area contributed by atoms with Crippen molar-refractivity contribution in [3.63, 3.8) is 0 Å². The molecule has 16 heavy (non-hydrogen) atoms. The number of halogens is 1. The first kappa shape index (κ1) is 13.2. The smallest absolute Gasteiger partial charge is 0.545 e. The molecule has 0 aliphatic carbocycles. The SMILES string of the molecule is COc1c2c(nc(Br)c1C(=O)[O-])OCO2.[Li+]. The molecular weight excluding hydrogens is 277 g/mol. The van der Waals surface area contributed by atoms with Gasteiger partial charge in [0, 0.05) is 0 Å². The van der Waals surface area contributed by atoms with Gasteiger partial charge in [0.2, 0.25) is 12.5 Å². The second kappa shape index (κ2) is 4.95. The van der Waals surface area contributed by atoms with Crippen molar-refractivity contribution in [3.05, 3.63) is 10.2 Å². The van der Waals surface area contributed by atoms with Gasteiger partial charge in [0.05, 0.1) is 18.6 Å². The summed E-state index contributed by atoms with van der Waals surface area (Å²) in [6.45, 7) is -0.0123. The van der Waals surface area contributed by atoms with Crippen LogP contribution in [0.4, 0.5) is 0 Å². The number of fused-ring (bicyclic) bond motifs is 1. The largest absolute Gasteiger partial charge is 1.00 e. The number of methoxy groups -OCH3 is 1. The molecular formula is C8H5BrLiNO5. The fourth-order valence-electron chi connectivity index (χ4n) is 1.24. The van der Waals surface area contributed by atoms with Gasteiger partial charge in [-0.15, -0.1) is 0 Å². The normalized spacial score (nSPS) is 11.9. The van der Waals surface area contributed by atoms with Gasteiger partial charge >= 0.3 is 18.9 Å². The van der Waals surface area contributed by atoms with Gasteiger partial charge in [0.25, 0.3) is 5.88 Å². The first-order valence-corrected chi connectivity index (χ1v) is 4.69. The molecule has 0 radical (unpaired) electrons. The number of hydrogen-bond donors (Lipinski definition) is 0. The van der Waals surface area contributed by atoms with E-state index in [1.807, 2.05) is 0 Å². The van der Waals surface area contributed by atoms with Crippen LogP contribution >= 0.6 is 15.9 Å². The van der Waals surface area contributed by atoms with Gasteiger partial charge in [0.1, 0.15) is 4.60 Å². The quantitative estimate of drug-likeness (QED) is 0.423. The van der Waals surface area contributed by atoms with E-state index in [-0.39, 0.29) is 53.2 Å². The molecule has 0 spiro atoms. The average Bonchev–Trinajstić information content (AvgIpc) is 2.62. The molecule has 0 amide bonds. The number of aromatic carboxylic acids is 1. The van der Waals surface area contributed by atoms with Crippen molar-refractivity contribution in [2.24, 2.45) is 0 Å². The Morgan fingerprint density at radius 3 is 2.81 bits per heavy atom. The van der Waals surface area contributed by atoms with E-state index in [4.69, 9.17) is 14.2 Å². The van der Waals surface area contributed by atoms with Crippen molar-refractivity contribution in [1.29, 1.82) is 0 Å². The second-order valence-corrected chi connectivity index (χ2v) is 3.39. The molecule has 80 valence electrons. The minimum absolute atomic E-state index is 0. The molecule has 8 heteroatoms. The fraction of sp³-hybridized carbons (Fsp3) is 0.250. The second-order valence-electron chi connectivity index (χ2n) is 2.64. The van der Waals surface area contributed by atoms with Crippen LogP contribution in [0.15, 0.2) is 4.60 Å². The Bertz CT molecular complexity index is 439. The maximum absolute atomic E-state index is 10.8. The van der Waals surface area contributed by atoms with Gasteiger partial charge in [-0.2, -0.15) is 0 Å². The Labute approximate surface area is 111 Å². The molecule has 0 fully saturated rings. The third-order valence-electron chi connectivity index (χ3n) is 1.84. The van der Waals surface area contributed by atoms with E-state index in [1.165, 1.54) is 7.11 Å². The Morgan fingerprint density at radius 1 is 1.56 bits per heavy atom. The van der Waals surface area contributed by atoms with E-state index in [1.54, 1.807) is 0 Å². The molecule has 6 nitrogen and oxygen atoms in total. The molecule has 0 aromatic carbocycles. The van der Waals surface area contributed by atoms with Gasteiger partial charge in [-0.05, 0) is 15.9 Å². The van der Waals surface area contributed by atoms with Crippen LogP contribution in [0.2, 0.25) is 0 Å². The summed E-state index contributed by atoms with van der Waals surface area (Å²) in [7, 11) is 1.33. The fourth-order valence-corrected chi connectivity index (χ4v) is 1.74. The van der Waals surface area contributed by atoms with Crippen LogP contribution in [0, 0.1) is 0 Å². The first-order valence-electron chi connectivity index (χ1n) is 3.89. The zero-order valence-electron chi connectivity index (χ0n) is 8.57. The van der Waals surface area contributed by atoms with E-state index in [0.717, 1.165) is 0 Å². The van der Waals surface area contributed by atoms with Crippen molar-refractivity contribution in [1.82, 2.24) is 4.98 Å². The molecule has 0 N–H and O–H groups in total. The Balaban J connectivity index is 0.00000128. The molecule has 0 saturated carbocycles. The zero-order valence-corrected chi connectivity index (χ0v) is 10.2. The zero-order chi connectivity index (χ0) is 11.0. The first-order chi connectivity index (χ1) is 7.15. The van der Waals surface area contributed by atoms with Crippen molar-refractivity contribution in [3.8, 4) is 17.4 Å². The number of carbonyl (C=O) groups excluding carboxylic acids is 1. The van der Waals surface area contributed by atoms with Crippen molar-refractivity contribution >= 4 is 21.9 Å². The molecule has 0 atom stereocenters. The predicted octanol–water partition coefficient (Wildman–Crippen LogP) is -3.05. The van der Waals surface area contributed by atoms with Crippen LogP contribution < -0.4 is 38.2 Å². The van der Waals surface area contributed by atoms with Crippen molar-refractivity contribution in [2.75, 3.05) is 13.9 Å². The third kappa shape index (κ3) is 1.98. The standard InChI is InChI=1S/C8H6BrNO5.Li/c1-13-4-3(8(11)12)6(9)10-7-5(4)14-2-15-7;/h2H2,1H3,(H,11,12);/q;+1/p-1. The van der Waals surface area contributed by atoms with Crippen LogP contribution in [0.3, 0.4) is 0 Å². The van der Waals surface area contributed by atoms with E-state index < -0.39 is 5.97 Å². The number of aromatic nitrogens is 1. The molecule has 1 aliphatic heterocycles. The molecule has 0 saturated heterocycles. The van der Waals surface area contributed by atoms with Gasteiger partial charge in [0.15, 0.2) is 5.75 Å². The van der Waals surface area contributed by atoms with Gasteiger partial charge in [-0.25, -0.2) is 4.98 Å². The maximum atomic E-state index is 10.8. The Kier molecular flexibility index (Phi) is 4.07. The maximum Gasteiger partial charge on any atom is 1.00 e. The van der Waals surface area contributed by atoms with Crippen LogP contribution in [-0.4, -0.2) is 24.9 Å². The molecule has 0 unspecified atom stereocenters. The molecule has 2 heterocycles. The number of carboxylic acid groups (broad SMARTS) is 1. The number of carboxylic acids is 1. The van der Waals surface area contributed by atoms with E-state index in [9.17, 15) is 9.90 Å². The van der Waals surface area contributed by atoms with Crippen molar-refractivity contribution in [2.45, 2.75) is 0 Å². The predicted molar refractivity (Wildman–Crippen MR) is 48.9 cm³/mol. The summed E-state index contributed by atoms with van der Waals surface area (Å²) < 4.78 is 15.1. The number of hydrogen-bond acceptors (Lipinski definition) is 6. The van der Waals surface area contributed by atoms with E-state index in [0.29, 0.717) is 0 Å². The van der Waals surface area contributed by atoms with Gasteiger partial charge in [-0.3, -0.25) is 0 Å². The van der Waals surface area contributed by atoms with Crippen LogP contribution in [0.1, 0.15) is 10.4 Å². The average molecular weight is 282 g/mol. The summed E-state index contributed by atoms with van der Waals surface area (Å²) in [5.74, 6) is -0.975. The van der Waals surface area contributed by atoms with Gasteiger partial charge in [-0.1, -0.05) is 0 Å². The molecule has 1 aromatic rings. The number of nitrogens with zero attached hydrogens (tertiary/aromatic N) is 1. The number of carbonyl (C=O) groups is 1. The molecule has 0 bridgehead atoms. The minimum Gasteiger partial charge on any atom is -0.545 e. The van der Waals surface area contributed by atoms with Crippen LogP contribution in [0.5, 0.6) is 17.4 Å². The molecule has 1 aliphatic rings. The summed E-state index contributed by atoms with van der Waals surface area (Å²) in [5.41, 5.74) is -0.193. The van der Waals surface area contributed by atoms with Crippen molar-refractivity contribution < 1.29 is 43.0 Å². The Hall–Kier alpha value is -0.903. The minimum atomic E-state index is -1.40. The third-order valence-corrected chi connectivity index (χ3v) is 2.41. The van der Waals surface area contributed by atoms with E-state index in [2.05, 4.69) is 20.9 Å². The number of rotatable bonds is 2. The molecule has 2 rings (SSSR count).